The van der Waals surface area contributed by atoms with E-state index in [1.54, 1.807) is 28.4 Å². The summed E-state index contributed by atoms with van der Waals surface area (Å²) >= 11 is 1.56. The van der Waals surface area contributed by atoms with E-state index in [9.17, 15) is 14.4 Å². The van der Waals surface area contributed by atoms with Crippen molar-refractivity contribution in [2.75, 3.05) is 49.1 Å². The zero-order valence-electron chi connectivity index (χ0n) is 19.7. The minimum atomic E-state index is -0.626. The van der Waals surface area contributed by atoms with Crippen molar-refractivity contribution in [3.05, 3.63) is 46.4 Å². The van der Waals surface area contributed by atoms with E-state index in [-0.39, 0.29) is 24.9 Å². The number of amides is 3. The number of rotatable bonds is 6. The predicted molar refractivity (Wildman–Crippen MR) is 132 cm³/mol. The van der Waals surface area contributed by atoms with Gasteiger partial charge in [0.2, 0.25) is 12.0 Å². The average molecular weight is 516 g/mol. The molecule has 4 heterocycles. The zero-order valence-corrected chi connectivity index (χ0v) is 20.5. The standard InChI is InChI=1S/C24H26FN5O5S/c1-15(31)26-13-17-14-30(24(33)34-17)16-4-5-20(18(25)11-16)28-6-8-29(9-7-28)23(32)21-12-19(27-35-21)22-3-2-10-36-22/h2-5,10-11,17,21H,6-9,12-14H2,1H3,(H,26,31)/t17-,21?/m0/s1. The Morgan fingerprint density at radius 3 is 2.72 bits per heavy atom. The minimum Gasteiger partial charge on any atom is -0.442 e. The SMILES string of the molecule is CC(=O)NC[C@H]1CN(c2ccc(N3CCN(C(=O)C4CC(c5cccs5)=NO4)CC3)c(F)c2)C(=O)O1. The van der Waals surface area contributed by atoms with Gasteiger partial charge < -0.3 is 24.7 Å². The summed E-state index contributed by atoms with van der Waals surface area (Å²) in [6.07, 6.45) is -1.25. The van der Waals surface area contributed by atoms with Crippen LogP contribution in [0, 0.1) is 5.82 Å². The average Bonchev–Trinajstić information content (AvgIpc) is 3.63. The molecule has 3 aliphatic rings. The van der Waals surface area contributed by atoms with E-state index >= 15 is 4.39 Å². The first-order chi connectivity index (χ1) is 17.4. The van der Waals surface area contributed by atoms with Crippen LogP contribution in [-0.2, 0) is 19.2 Å². The lowest BCUT2D eigenvalue weighted by Gasteiger charge is -2.37. The monoisotopic (exact) mass is 515 g/mol. The quantitative estimate of drug-likeness (QED) is 0.633. The van der Waals surface area contributed by atoms with Gasteiger partial charge in [0, 0.05) is 39.5 Å². The number of nitrogens with zero attached hydrogens (tertiary/aromatic N) is 4. The van der Waals surface area contributed by atoms with Gasteiger partial charge in [0.1, 0.15) is 17.6 Å². The summed E-state index contributed by atoms with van der Waals surface area (Å²) in [5, 5.41) is 8.66. The fourth-order valence-corrected chi connectivity index (χ4v) is 5.20. The number of nitrogens with one attached hydrogen (secondary N) is 1. The molecule has 36 heavy (non-hydrogen) atoms. The normalized spacial score (nSPS) is 21.8. The molecule has 3 aliphatic heterocycles. The highest BCUT2D eigenvalue weighted by Gasteiger charge is 2.35. The minimum absolute atomic E-state index is 0.109. The summed E-state index contributed by atoms with van der Waals surface area (Å²) in [6.45, 7) is 3.64. The number of anilines is 2. The van der Waals surface area contributed by atoms with Crippen molar-refractivity contribution < 1.29 is 28.3 Å². The number of hydrogen-bond acceptors (Lipinski definition) is 8. The number of piperazine rings is 1. The van der Waals surface area contributed by atoms with E-state index in [1.807, 2.05) is 22.4 Å². The van der Waals surface area contributed by atoms with E-state index in [4.69, 9.17) is 9.57 Å². The van der Waals surface area contributed by atoms with E-state index in [0.29, 0.717) is 44.0 Å². The summed E-state index contributed by atoms with van der Waals surface area (Å²) in [5.41, 5.74) is 1.58. The molecule has 10 nitrogen and oxygen atoms in total. The fraction of sp³-hybridized carbons (Fsp3) is 0.417. The van der Waals surface area contributed by atoms with Crippen LogP contribution in [0.15, 0.2) is 40.9 Å². The topological polar surface area (TPSA) is 104 Å². The molecule has 5 rings (SSSR count). The molecule has 3 amide bonds. The van der Waals surface area contributed by atoms with E-state index in [1.165, 1.54) is 17.9 Å². The molecule has 0 bridgehead atoms. The van der Waals surface area contributed by atoms with E-state index in [2.05, 4.69) is 10.5 Å². The first kappa shape index (κ1) is 24.0. The number of benzene rings is 1. The molecular formula is C24H26FN5O5S. The number of thiophene rings is 1. The summed E-state index contributed by atoms with van der Waals surface area (Å²) < 4.78 is 20.3. The highest BCUT2D eigenvalue weighted by Crippen LogP contribution is 2.29. The molecule has 2 saturated heterocycles. The fourth-order valence-electron chi connectivity index (χ4n) is 4.49. The highest BCUT2D eigenvalue weighted by molar-refractivity contribution is 7.12. The Morgan fingerprint density at radius 1 is 1.22 bits per heavy atom. The number of halogens is 1. The Kier molecular flexibility index (Phi) is 6.77. The molecule has 12 heteroatoms. The highest BCUT2D eigenvalue weighted by atomic mass is 32.1. The second kappa shape index (κ2) is 10.1. The maximum Gasteiger partial charge on any atom is 0.414 e. The summed E-state index contributed by atoms with van der Waals surface area (Å²) in [6, 6.07) is 8.51. The van der Waals surface area contributed by atoms with Gasteiger partial charge in [0.25, 0.3) is 5.91 Å². The molecule has 0 aliphatic carbocycles. The van der Waals surface area contributed by atoms with Crippen molar-refractivity contribution in [3.8, 4) is 0 Å². The van der Waals surface area contributed by atoms with Gasteiger partial charge in [-0.05, 0) is 29.6 Å². The molecule has 1 N–H and O–H groups in total. The van der Waals surface area contributed by atoms with Crippen LogP contribution >= 0.6 is 11.3 Å². The van der Waals surface area contributed by atoms with Crippen molar-refractivity contribution in [3.63, 3.8) is 0 Å². The van der Waals surface area contributed by atoms with Crippen molar-refractivity contribution >= 4 is 46.3 Å². The van der Waals surface area contributed by atoms with Crippen LogP contribution in [0.5, 0.6) is 0 Å². The van der Waals surface area contributed by atoms with Crippen LogP contribution in [0.1, 0.15) is 18.2 Å². The molecule has 1 aromatic heterocycles. The molecule has 2 aromatic rings. The third-order valence-corrected chi connectivity index (χ3v) is 7.30. The third kappa shape index (κ3) is 4.99. The Bertz CT molecular complexity index is 1180. The van der Waals surface area contributed by atoms with Gasteiger partial charge in [0.05, 0.1) is 29.3 Å². The number of hydrogen-bond donors (Lipinski definition) is 1. The largest absolute Gasteiger partial charge is 0.442 e. The van der Waals surface area contributed by atoms with Gasteiger partial charge in [-0.3, -0.25) is 14.5 Å². The van der Waals surface area contributed by atoms with E-state index in [0.717, 1.165) is 10.6 Å². The summed E-state index contributed by atoms with van der Waals surface area (Å²) in [7, 11) is 0. The predicted octanol–water partition coefficient (Wildman–Crippen LogP) is 2.19. The van der Waals surface area contributed by atoms with Gasteiger partial charge in [-0.15, -0.1) is 11.3 Å². The van der Waals surface area contributed by atoms with E-state index < -0.39 is 24.1 Å². The zero-order chi connectivity index (χ0) is 25.2. The maximum absolute atomic E-state index is 15.1. The smallest absolute Gasteiger partial charge is 0.414 e. The molecule has 0 spiro atoms. The van der Waals surface area contributed by atoms with Gasteiger partial charge in [-0.1, -0.05) is 11.2 Å². The van der Waals surface area contributed by atoms with Crippen molar-refractivity contribution in [2.24, 2.45) is 5.16 Å². The molecule has 0 saturated carbocycles. The van der Waals surface area contributed by atoms with Gasteiger partial charge >= 0.3 is 6.09 Å². The van der Waals surface area contributed by atoms with Gasteiger partial charge in [0.15, 0.2) is 0 Å². The van der Waals surface area contributed by atoms with Crippen molar-refractivity contribution in [1.29, 1.82) is 0 Å². The Hall–Kier alpha value is -3.67. The summed E-state index contributed by atoms with van der Waals surface area (Å²) in [5.74, 6) is -0.783. The van der Waals surface area contributed by atoms with Gasteiger partial charge in [-0.2, -0.15) is 0 Å². The molecule has 1 unspecified atom stereocenters. The molecule has 2 fully saturated rings. The number of carbonyl (C=O) groups excluding carboxylic acids is 3. The van der Waals surface area contributed by atoms with Crippen LogP contribution in [0.25, 0.3) is 0 Å². The van der Waals surface area contributed by atoms with Crippen LogP contribution in [0.2, 0.25) is 0 Å². The lowest BCUT2D eigenvalue weighted by molar-refractivity contribution is -0.142. The first-order valence-corrected chi connectivity index (χ1v) is 12.6. The lowest BCUT2D eigenvalue weighted by Crippen LogP contribution is -2.51. The molecule has 2 atom stereocenters. The van der Waals surface area contributed by atoms with Crippen molar-refractivity contribution in [2.45, 2.75) is 25.6 Å². The summed E-state index contributed by atoms with van der Waals surface area (Å²) in [4.78, 5) is 47.6. The van der Waals surface area contributed by atoms with Gasteiger partial charge in [-0.25, -0.2) is 9.18 Å². The lowest BCUT2D eigenvalue weighted by atomic mass is 10.1. The van der Waals surface area contributed by atoms with Crippen LogP contribution in [0.4, 0.5) is 20.6 Å². The first-order valence-electron chi connectivity index (χ1n) is 11.7. The Morgan fingerprint density at radius 2 is 2.03 bits per heavy atom. The molecule has 190 valence electrons. The molecule has 1 aromatic carbocycles. The van der Waals surface area contributed by atoms with Crippen molar-refractivity contribution in [1.82, 2.24) is 10.2 Å². The number of oxime groups is 1. The maximum atomic E-state index is 15.1. The van der Waals surface area contributed by atoms with Crippen LogP contribution in [-0.4, -0.2) is 80.0 Å². The Labute approximate surface area is 211 Å². The Balaban J connectivity index is 1.15. The second-order valence-electron chi connectivity index (χ2n) is 8.81. The number of cyclic esters (lactones) is 1. The molecule has 0 radical (unpaired) electrons. The number of ether oxygens (including phenoxy) is 1. The van der Waals surface area contributed by atoms with Crippen LogP contribution < -0.4 is 15.1 Å². The molecular weight excluding hydrogens is 489 g/mol. The second-order valence-corrected chi connectivity index (χ2v) is 9.76. The number of carbonyl (C=O) groups is 3. The van der Waals surface area contributed by atoms with Crippen LogP contribution in [0.3, 0.4) is 0 Å². The third-order valence-electron chi connectivity index (χ3n) is 6.38.